The van der Waals surface area contributed by atoms with Gasteiger partial charge in [-0.2, -0.15) is 4.98 Å². The summed E-state index contributed by atoms with van der Waals surface area (Å²) in [4.78, 5) is 23.4. The minimum Gasteiger partial charge on any atom is -0.340 e. The number of carbonyl (C=O) groups is 1. The Balaban J connectivity index is 1.32. The van der Waals surface area contributed by atoms with E-state index in [1.165, 1.54) is 12.0 Å². The van der Waals surface area contributed by atoms with Gasteiger partial charge in [0.1, 0.15) is 0 Å². The average molecular weight is 390 g/mol. The summed E-state index contributed by atoms with van der Waals surface area (Å²) in [6, 6.07) is 14.5. The third-order valence-corrected chi connectivity index (χ3v) is 5.50. The maximum Gasteiger partial charge on any atom is 0.227 e. The van der Waals surface area contributed by atoms with Gasteiger partial charge in [-0.25, -0.2) is 0 Å². The van der Waals surface area contributed by atoms with Crippen LogP contribution >= 0.6 is 0 Å². The van der Waals surface area contributed by atoms with E-state index in [1.54, 1.807) is 12.4 Å². The molecule has 4 rings (SSSR count). The van der Waals surface area contributed by atoms with Crippen molar-refractivity contribution in [3.05, 3.63) is 66.3 Å². The van der Waals surface area contributed by atoms with Gasteiger partial charge >= 0.3 is 0 Å². The van der Waals surface area contributed by atoms with Crippen LogP contribution in [0.5, 0.6) is 0 Å². The molecule has 6 heteroatoms. The molecule has 150 valence electrons. The predicted octanol–water partition coefficient (Wildman–Crippen LogP) is 4.08. The highest BCUT2D eigenvalue weighted by molar-refractivity contribution is 5.76. The summed E-state index contributed by atoms with van der Waals surface area (Å²) in [7, 11) is 0. The number of hydrogen-bond acceptors (Lipinski definition) is 5. The van der Waals surface area contributed by atoms with E-state index >= 15 is 0 Å². The number of carbonyl (C=O) groups excluding carboxylic acids is 1. The number of amides is 1. The van der Waals surface area contributed by atoms with Crippen LogP contribution in [-0.2, 0) is 17.6 Å². The molecule has 1 saturated heterocycles. The Morgan fingerprint density at radius 2 is 2.00 bits per heavy atom. The van der Waals surface area contributed by atoms with E-state index in [0.717, 1.165) is 37.8 Å². The average Bonchev–Trinajstić information content (AvgIpc) is 3.27. The van der Waals surface area contributed by atoms with E-state index in [1.807, 2.05) is 18.2 Å². The fourth-order valence-corrected chi connectivity index (χ4v) is 3.93. The van der Waals surface area contributed by atoms with Crippen LogP contribution in [0.1, 0.15) is 43.6 Å². The second-order valence-electron chi connectivity index (χ2n) is 7.51. The van der Waals surface area contributed by atoms with Crippen molar-refractivity contribution in [2.75, 3.05) is 6.54 Å². The van der Waals surface area contributed by atoms with Crippen LogP contribution < -0.4 is 0 Å². The molecule has 0 spiro atoms. The number of piperidine rings is 1. The summed E-state index contributed by atoms with van der Waals surface area (Å²) in [6.07, 6.45) is 9.66. The van der Waals surface area contributed by atoms with Crippen LogP contribution in [0.4, 0.5) is 0 Å². The third kappa shape index (κ3) is 5.08. The van der Waals surface area contributed by atoms with Crippen LogP contribution in [0.25, 0.3) is 11.4 Å². The topological polar surface area (TPSA) is 72.1 Å². The molecule has 1 aliphatic heterocycles. The molecule has 3 aromatic rings. The van der Waals surface area contributed by atoms with Gasteiger partial charge in [0, 0.05) is 43.4 Å². The molecule has 0 radical (unpaired) electrons. The first-order valence-corrected chi connectivity index (χ1v) is 10.4. The van der Waals surface area contributed by atoms with Gasteiger partial charge in [-0.05, 0) is 49.8 Å². The third-order valence-electron chi connectivity index (χ3n) is 5.50. The van der Waals surface area contributed by atoms with Crippen LogP contribution in [0, 0.1) is 0 Å². The molecule has 1 amide bonds. The predicted molar refractivity (Wildman–Crippen MR) is 110 cm³/mol. The molecule has 3 heterocycles. The monoisotopic (exact) mass is 390 g/mol. The Morgan fingerprint density at radius 1 is 1.10 bits per heavy atom. The fourth-order valence-electron chi connectivity index (χ4n) is 3.93. The number of aryl methyl sites for hydroxylation is 2. The molecule has 29 heavy (non-hydrogen) atoms. The quantitative estimate of drug-likeness (QED) is 0.608. The van der Waals surface area contributed by atoms with Crippen molar-refractivity contribution in [1.82, 2.24) is 20.0 Å². The second kappa shape index (κ2) is 9.45. The number of rotatable bonds is 7. The molecule has 2 aromatic heterocycles. The van der Waals surface area contributed by atoms with Gasteiger partial charge in [0.25, 0.3) is 0 Å². The summed E-state index contributed by atoms with van der Waals surface area (Å²) in [5.41, 5.74) is 2.14. The summed E-state index contributed by atoms with van der Waals surface area (Å²) < 4.78 is 5.33. The standard InChI is InChI=1S/C23H26N4O2/c28-22(14-13-21-25-23(26-29-21)19-9-6-15-24-17-19)27-16-5-4-10-20(27)12-11-18-7-2-1-3-8-18/h1-3,6-9,15,17,20H,4-5,10-14,16H2/t20-/m0/s1. The largest absolute Gasteiger partial charge is 0.340 e. The van der Waals surface area contributed by atoms with E-state index in [0.29, 0.717) is 30.6 Å². The summed E-state index contributed by atoms with van der Waals surface area (Å²) >= 11 is 0. The van der Waals surface area contributed by atoms with Crippen LogP contribution in [0.3, 0.4) is 0 Å². The Hall–Kier alpha value is -3.02. The zero-order valence-corrected chi connectivity index (χ0v) is 16.5. The van der Waals surface area contributed by atoms with Gasteiger partial charge < -0.3 is 9.42 Å². The Labute approximate surface area is 171 Å². The molecule has 1 fully saturated rings. The molecule has 0 N–H and O–H groups in total. The molecule has 0 bridgehead atoms. The molecular weight excluding hydrogens is 364 g/mol. The SMILES string of the molecule is O=C(CCc1nc(-c2cccnc2)no1)N1CCCC[C@H]1CCc1ccccc1. The molecule has 6 nitrogen and oxygen atoms in total. The Bertz CT molecular complexity index is 911. The van der Waals surface area contributed by atoms with E-state index in [2.05, 4.69) is 44.3 Å². The van der Waals surface area contributed by atoms with Gasteiger partial charge in [0.15, 0.2) is 0 Å². The number of benzene rings is 1. The van der Waals surface area contributed by atoms with Crippen molar-refractivity contribution in [3.63, 3.8) is 0 Å². The fraction of sp³-hybridized carbons (Fsp3) is 0.391. The number of nitrogens with zero attached hydrogens (tertiary/aromatic N) is 4. The second-order valence-corrected chi connectivity index (χ2v) is 7.51. The lowest BCUT2D eigenvalue weighted by molar-refractivity contribution is -0.135. The first kappa shape index (κ1) is 19.3. The number of hydrogen-bond donors (Lipinski definition) is 0. The number of aromatic nitrogens is 3. The summed E-state index contributed by atoms with van der Waals surface area (Å²) in [5.74, 6) is 1.19. The lowest BCUT2D eigenvalue weighted by Crippen LogP contribution is -2.44. The van der Waals surface area contributed by atoms with Crippen LogP contribution in [0.2, 0.25) is 0 Å². The molecule has 1 aliphatic rings. The van der Waals surface area contributed by atoms with E-state index in [-0.39, 0.29) is 5.91 Å². The zero-order chi connectivity index (χ0) is 19.9. The van der Waals surface area contributed by atoms with Crippen molar-refractivity contribution in [2.24, 2.45) is 0 Å². The van der Waals surface area contributed by atoms with Gasteiger partial charge in [-0.15, -0.1) is 0 Å². The van der Waals surface area contributed by atoms with Crippen LogP contribution in [0.15, 0.2) is 59.4 Å². The van der Waals surface area contributed by atoms with Crippen LogP contribution in [-0.4, -0.2) is 38.5 Å². The van der Waals surface area contributed by atoms with Crippen molar-refractivity contribution < 1.29 is 9.32 Å². The summed E-state index contributed by atoms with van der Waals surface area (Å²) in [6.45, 7) is 0.850. The molecular formula is C23H26N4O2. The Morgan fingerprint density at radius 3 is 2.83 bits per heavy atom. The van der Waals surface area contributed by atoms with Crippen molar-refractivity contribution in [2.45, 2.75) is 51.0 Å². The Kier molecular flexibility index (Phi) is 6.29. The van der Waals surface area contributed by atoms with E-state index in [9.17, 15) is 4.79 Å². The van der Waals surface area contributed by atoms with Crippen molar-refractivity contribution >= 4 is 5.91 Å². The molecule has 1 aromatic carbocycles. The first-order valence-electron chi connectivity index (χ1n) is 10.4. The summed E-state index contributed by atoms with van der Waals surface area (Å²) in [5, 5.41) is 4.00. The molecule has 0 saturated carbocycles. The minimum atomic E-state index is 0.184. The van der Waals surface area contributed by atoms with E-state index < -0.39 is 0 Å². The maximum atomic E-state index is 12.9. The highest BCUT2D eigenvalue weighted by Crippen LogP contribution is 2.23. The smallest absolute Gasteiger partial charge is 0.227 e. The highest BCUT2D eigenvalue weighted by atomic mass is 16.5. The minimum absolute atomic E-state index is 0.184. The highest BCUT2D eigenvalue weighted by Gasteiger charge is 2.26. The lowest BCUT2D eigenvalue weighted by Gasteiger charge is -2.36. The maximum absolute atomic E-state index is 12.9. The van der Waals surface area contributed by atoms with Crippen molar-refractivity contribution in [3.8, 4) is 11.4 Å². The van der Waals surface area contributed by atoms with E-state index in [4.69, 9.17) is 4.52 Å². The van der Waals surface area contributed by atoms with Gasteiger partial charge in [-0.1, -0.05) is 35.5 Å². The number of pyridine rings is 1. The first-order chi connectivity index (χ1) is 14.3. The number of likely N-dealkylation sites (tertiary alicyclic amines) is 1. The van der Waals surface area contributed by atoms with Gasteiger partial charge in [0.05, 0.1) is 0 Å². The molecule has 0 aliphatic carbocycles. The van der Waals surface area contributed by atoms with Gasteiger partial charge in [0.2, 0.25) is 17.6 Å². The van der Waals surface area contributed by atoms with Crippen molar-refractivity contribution in [1.29, 1.82) is 0 Å². The van der Waals surface area contributed by atoms with Gasteiger partial charge in [-0.3, -0.25) is 9.78 Å². The zero-order valence-electron chi connectivity index (χ0n) is 16.5. The normalized spacial score (nSPS) is 16.7. The lowest BCUT2D eigenvalue weighted by atomic mass is 9.95. The molecule has 1 atom stereocenters. The molecule has 0 unspecified atom stereocenters.